The van der Waals surface area contributed by atoms with Crippen LogP contribution in [0.25, 0.3) is 0 Å². The molecule has 0 fully saturated rings. The first-order valence-corrected chi connectivity index (χ1v) is 7.90. The average Bonchev–Trinajstić information content (AvgIpc) is 2.50. The molecule has 0 aliphatic heterocycles. The lowest BCUT2D eigenvalue weighted by atomic mass is 10.1. The molecule has 2 rings (SSSR count). The average molecular weight is 346 g/mol. The van der Waals surface area contributed by atoms with Crippen molar-refractivity contribution in [3.63, 3.8) is 0 Å². The first kappa shape index (κ1) is 15.8. The zero-order valence-electron chi connectivity index (χ0n) is 12.7. The van der Waals surface area contributed by atoms with Crippen LogP contribution in [-0.2, 0) is 13.0 Å². The van der Waals surface area contributed by atoms with Gasteiger partial charge in [0.25, 0.3) is 5.91 Å². The number of hydrogen-bond donors (Lipinski definition) is 0. The maximum atomic E-state index is 12.6. The number of hydrogen-bond acceptors (Lipinski definition) is 1. The molecule has 0 saturated heterocycles. The number of rotatable bonds is 4. The first-order chi connectivity index (χ1) is 10.0. The van der Waals surface area contributed by atoms with E-state index in [0.29, 0.717) is 6.54 Å². The molecule has 0 heterocycles. The van der Waals surface area contributed by atoms with E-state index in [2.05, 4.69) is 47.1 Å². The van der Waals surface area contributed by atoms with Crippen LogP contribution in [0.3, 0.4) is 0 Å². The van der Waals surface area contributed by atoms with Gasteiger partial charge in [-0.15, -0.1) is 0 Å². The van der Waals surface area contributed by atoms with E-state index in [0.717, 1.165) is 27.6 Å². The largest absolute Gasteiger partial charge is 0.337 e. The number of carbonyl (C=O) groups is 1. The second-order valence-corrected chi connectivity index (χ2v) is 6.10. The highest BCUT2D eigenvalue weighted by Crippen LogP contribution is 2.21. The molecule has 0 aliphatic rings. The minimum absolute atomic E-state index is 0.0494. The maximum absolute atomic E-state index is 12.6. The van der Waals surface area contributed by atoms with Crippen LogP contribution in [0.5, 0.6) is 0 Å². The van der Waals surface area contributed by atoms with Crippen LogP contribution < -0.4 is 0 Å². The third-order valence-electron chi connectivity index (χ3n) is 3.70. The smallest absolute Gasteiger partial charge is 0.254 e. The number of carbonyl (C=O) groups excluding carboxylic acids is 1. The van der Waals surface area contributed by atoms with Gasteiger partial charge in [-0.1, -0.05) is 53.2 Å². The number of aryl methyl sites for hydroxylation is 1. The summed E-state index contributed by atoms with van der Waals surface area (Å²) in [7, 11) is 1.84. The predicted molar refractivity (Wildman–Crippen MR) is 90.5 cm³/mol. The standard InChI is InChI=1S/C18H20BrNO/c1-4-14-8-10-15(11-9-14)12-20(3)18(21)16-6-5-7-17(19)13(16)2/h5-11H,4,12H2,1-3H3. The SMILES string of the molecule is CCc1ccc(CN(C)C(=O)c2cccc(Br)c2C)cc1. The maximum Gasteiger partial charge on any atom is 0.254 e. The number of nitrogens with zero attached hydrogens (tertiary/aromatic N) is 1. The van der Waals surface area contributed by atoms with E-state index in [1.807, 2.05) is 32.2 Å². The molecule has 2 aromatic carbocycles. The van der Waals surface area contributed by atoms with Crippen LogP contribution in [0.15, 0.2) is 46.9 Å². The molecule has 0 saturated carbocycles. The Labute approximate surface area is 134 Å². The van der Waals surface area contributed by atoms with E-state index in [4.69, 9.17) is 0 Å². The van der Waals surface area contributed by atoms with Gasteiger partial charge in [-0.05, 0) is 42.2 Å². The molecule has 21 heavy (non-hydrogen) atoms. The van der Waals surface area contributed by atoms with E-state index < -0.39 is 0 Å². The summed E-state index contributed by atoms with van der Waals surface area (Å²) in [5, 5.41) is 0. The summed E-state index contributed by atoms with van der Waals surface area (Å²) < 4.78 is 0.967. The van der Waals surface area contributed by atoms with Gasteiger partial charge in [-0.2, -0.15) is 0 Å². The molecule has 110 valence electrons. The van der Waals surface area contributed by atoms with Gasteiger partial charge < -0.3 is 4.90 Å². The number of halogens is 1. The Morgan fingerprint density at radius 1 is 1.10 bits per heavy atom. The second kappa shape index (κ2) is 6.90. The third-order valence-corrected chi connectivity index (χ3v) is 4.55. The van der Waals surface area contributed by atoms with Crippen LogP contribution >= 0.6 is 15.9 Å². The minimum atomic E-state index is 0.0494. The van der Waals surface area contributed by atoms with Crippen molar-refractivity contribution >= 4 is 21.8 Å². The van der Waals surface area contributed by atoms with Gasteiger partial charge in [0.1, 0.15) is 0 Å². The lowest BCUT2D eigenvalue weighted by Gasteiger charge is -2.19. The molecule has 0 spiro atoms. The highest BCUT2D eigenvalue weighted by Gasteiger charge is 2.15. The monoisotopic (exact) mass is 345 g/mol. The molecule has 1 amide bonds. The van der Waals surface area contributed by atoms with Crippen LogP contribution in [0.4, 0.5) is 0 Å². The fourth-order valence-electron chi connectivity index (χ4n) is 2.27. The summed E-state index contributed by atoms with van der Waals surface area (Å²) in [6, 6.07) is 14.2. The fraction of sp³-hybridized carbons (Fsp3) is 0.278. The summed E-state index contributed by atoms with van der Waals surface area (Å²) in [6.07, 6.45) is 1.03. The normalized spacial score (nSPS) is 10.5. The van der Waals surface area contributed by atoms with Crippen molar-refractivity contribution in [2.45, 2.75) is 26.8 Å². The summed E-state index contributed by atoms with van der Waals surface area (Å²) in [5.74, 6) is 0.0494. The number of benzene rings is 2. The molecular formula is C18H20BrNO. The topological polar surface area (TPSA) is 20.3 Å². The zero-order chi connectivity index (χ0) is 15.4. The van der Waals surface area contributed by atoms with Gasteiger partial charge in [0.05, 0.1) is 0 Å². The van der Waals surface area contributed by atoms with Crippen LogP contribution in [0.1, 0.15) is 34.0 Å². The summed E-state index contributed by atoms with van der Waals surface area (Å²) >= 11 is 3.48. The van der Waals surface area contributed by atoms with Crippen LogP contribution in [0, 0.1) is 6.92 Å². The van der Waals surface area contributed by atoms with Gasteiger partial charge in [0.15, 0.2) is 0 Å². The molecule has 0 N–H and O–H groups in total. The van der Waals surface area contributed by atoms with Gasteiger partial charge >= 0.3 is 0 Å². The minimum Gasteiger partial charge on any atom is -0.337 e. The second-order valence-electron chi connectivity index (χ2n) is 5.24. The Kier molecular flexibility index (Phi) is 5.18. The van der Waals surface area contributed by atoms with Crippen molar-refractivity contribution in [2.24, 2.45) is 0 Å². The van der Waals surface area contributed by atoms with Crippen molar-refractivity contribution in [1.29, 1.82) is 0 Å². The van der Waals surface area contributed by atoms with Gasteiger partial charge in [0.2, 0.25) is 0 Å². The van der Waals surface area contributed by atoms with Gasteiger partial charge in [0, 0.05) is 23.6 Å². The molecule has 0 aliphatic carbocycles. The Morgan fingerprint density at radius 3 is 2.33 bits per heavy atom. The summed E-state index contributed by atoms with van der Waals surface area (Å²) in [4.78, 5) is 14.3. The van der Waals surface area contributed by atoms with E-state index in [-0.39, 0.29) is 5.91 Å². The predicted octanol–water partition coefficient (Wildman–Crippen LogP) is 4.59. The molecule has 2 nitrogen and oxygen atoms in total. The Hall–Kier alpha value is -1.61. The van der Waals surface area contributed by atoms with Crippen LogP contribution in [0.2, 0.25) is 0 Å². The van der Waals surface area contributed by atoms with Crippen molar-refractivity contribution in [2.75, 3.05) is 7.05 Å². The Balaban J connectivity index is 2.13. The number of amides is 1. The molecule has 3 heteroatoms. The molecule has 2 aromatic rings. The van der Waals surface area contributed by atoms with E-state index >= 15 is 0 Å². The highest BCUT2D eigenvalue weighted by molar-refractivity contribution is 9.10. The van der Waals surface area contributed by atoms with Crippen molar-refractivity contribution in [1.82, 2.24) is 4.90 Å². The summed E-state index contributed by atoms with van der Waals surface area (Å²) in [6.45, 7) is 4.72. The quantitative estimate of drug-likeness (QED) is 0.793. The Bertz CT molecular complexity index is 634. The fourth-order valence-corrected chi connectivity index (χ4v) is 2.64. The molecular weight excluding hydrogens is 326 g/mol. The lowest BCUT2D eigenvalue weighted by molar-refractivity contribution is 0.0784. The molecule has 0 radical (unpaired) electrons. The highest BCUT2D eigenvalue weighted by atomic mass is 79.9. The molecule has 0 aromatic heterocycles. The molecule has 0 bridgehead atoms. The first-order valence-electron chi connectivity index (χ1n) is 7.11. The lowest BCUT2D eigenvalue weighted by Crippen LogP contribution is -2.26. The van der Waals surface area contributed by atoms with Crippen molar-refractivity contribution in [3.05, 3.63) is 69.2 Å². The van der Waals surface area contributed by atoms with Crippen molar-refractivity contribution < 1.29 is 4.79 Å². The van der Waals surface area contributed by atoms with E-state index in [9.17, 15) is 4.79 Å². The summed E-state index contributed by atoms with van der Waals surface area (Å²) in [5.41, 5.74) is 4.19. The Morgan fingerprint density at radius 2 is 1.71 bits per heavy atom. The van der Waals surface area contributed by atoms with E-state index in [1.54, 1.807) is 4.90 Å². The van der Waals surface area contributed by atoms with Gasteiger partial charge in [-0.25, -0.2) is 0 Å². The van der Waals surface area contributed by atoms with Gasteiger partial charge in [-0.3, -0.25) is 4.79 Å². The van der Waals surface area contributed by atoms with Crippen molar-refractivity contribution in [3.8, 4) is 0 Å². The molecule has 0 atom stereocenters. The molecule has 0 unspecified atom stereocenters. The zero-order valence-corrected chi connectivity index (χ0v) is 14.3. The third kappa shape index (κ3) is 3.73. The van der Waals surface area contributed by atoms with Crippen LogP contribution in [-0.4, -0.2) is 17.9 Å². The van der Waals surface area contributed by atoms with E-state index in [1.165, 1.54) is 5.56 Å².